The molecule has 0 aliphatic carbocycles. The van der Waals surface area contributed by atoms with E-state index < -0.39 is 18.9 Å². The summed E-state index contributed by atoms with van der Waals surface area (Å²) in [5.74, 6) is -0.646. The number of amides is 1. The van der Waals surface area contributed by atoms with E-state index in [4.69, 9.17) is 10.7 Å². The zero-order valence-electron chi connectivity index (χ0n) is 11.9. The van der Waals surface area contributed by atoms with Gasteiger partial charge in [-0.05, 0) is 17.7 Å². The van der Waals surface area contributed by atoms with Gasteiger partial charge >= 0.3 is 0 Å². The summed E-state index contributed by atoms with van der Waals surface area (Å²) < 4.78 is 44.9. The van der Waals surface area contributed by atoms with Crippen LogP contribution in [0.4, 0.5) is 0 Å². The molecule has 1 aliphatic rings. The number of hydrogen-bond donors (Lipinski definition) is 0. The van der Waals surface area contributed by atoms with Crippen molar-refractivity contribution in [3.05, 3.63) is 29.8 Å². The highest BCUT2D eigenvalue weighted by atomic mass is 35.7. The molecule has 0 radical (unpaired) electrons. The van der Waals surface area contributed by atoms with Crippen molar-refractivity contribution in [2.45, 2.75) is 17.9 Å². The van der Waals surface area contributed by atoms with Crippen LogP contribution in [0.5, 0.6) is 0 Å². The Morgan fingerprint density at radius 2 is 1.77 bits per heavy atom. The minimum absolute atomic E-state index is 0.127. The number of carbonyl (C=O) groups excluding carboxylic acids is 1. The second-order valence-electron chi connectivity index (χ2n) is 5.47. The number of halogens is 1. The third-order valence-electron chi connectivity index (χ3n) is 3.45. The van der Waals surface area contributed by atoms with Crippen LogP contribution in [0, 0.1) is 5.92 Å². The predicted molar refractivity (Wildman–Crippen MR) is 82.7 cm³/mol. The fourth-order valence-electron chi connectivity index (χ4n) is 2.46. The SMILES string of the molecule is CS(=O)(=O)c1ccc(CN2CC(CS(=O)(=O)Cl)CC2=O)cc1. The van der Waals surface area contributed by atoms with E-state index in [0.717, 1.165) is 11.8 Å². The minimum Gasteiger partial charge on any atom is -0.338 e. The first kappa shape index (κ1) is 17.2. The van der Waals surface area contributed by atoms with E-state index in [-0.39, 0.29) is 28.9 Å². The lowest BCUT2D eigenvalue weighted by Crippen LogP contribution is -2.25. The molecule has 22 heavy (non-hydrogen) atoms. The average molecular weight is 366 g/mol. The Bertz CT molecular complexity index is 771. The fraction of sp³-hybridized carbons (Fsp3) is 0.462. The van der Waals surface area contributed by atoms with E-state index in [9.17, 15) is 21.6 Å². The number of rotatable bonds is 5. The molecule has 1 fully saturated rings. The van der Waals surface area contributed by atoms with E-state index in [2.05, 4.69) is 0 Å². The lowest BCUT2D eigenvalue weighted by atomic mass is 10.1. The van der Waals surface area contributed by atoms with Crippen molar-refractivity contribution in [2.75, 3.05) is 18.6 Å². The molecule has 1 aromatic carbocycles. The zero-order valence-corrected chi connectivity index (χ0v) is 14.3. The molecule has 1 heterocycles. The van der Waals surface area contributed by atoms with Gasteiger partial charge in [-0.1, -0.05) is 12.1 Å². The van der Waals surface area contributed by atoms with Crippen LogP contribution < -0.4 is 0 Å². The Morgan fingerprint density at radius 1 is 1.18 bits per heavy atom. The molecular formula is C13H16ClNO5S2. The Kier molecular flexibility index (Phi) is 4.84. The van der Waals surface area contributed by atoms with Crippen molar-refractivity contribution in [1.29, 1.82) is 0 Å². The summed E-state index contributed by atoms with van der Waals surface area (Å²) in [6, 6.07) is 6.28. The van der Waals surface area contributed by atoms with Gasteiger partial charge < -0.3 is 4.90 Å². The maximum absolute atomic E-state index is 11.9. The van der Waals surface area contributed by atoms with Crippen LogP contribution in [0.3, 0.4) is 0 Å². The number of carbonyl (C=O) groups is 1. The van der Waals surface area contributed by atoms with Crippen LogP contribution in [-0.2, 0) is 30.2 Å². The Morgan fingerprint density at radius 3 is 2.27 bits per heavy atom. The summed E-state index contributed by atoms with van der Waals surface area (Å²) in [5.41, 5.74) is 0.787. The van der Waals surface area contributed by atoms with Gasteiger partial charge in [-0.15, -0.1) is 0 Å². The Balaban J connectivity index is 2.04. The molecule has 0 saturated carbocycles. The number of sulfone groups is 1. The Labute approximate surface area is 134 Å². The van der Waals surface area contributed by atoms with E-state index in [1.807, 2.05) is 0 Å². The quantitative estimate of drug-likeness (QED) is 0.726. The highest BCUT2D eigenvalue weighted by molar-refractivity contribution is 8.13. The standard InChI is InChI=1S/C13H16ClNO5S2/c1-21(17,18)12-4-2-10(3-5-12)7-15-8-11(6-13(15)16)9-22(14,19)20/h2-5,11H,6-9H2,1H3. The van der Waals surface area contributed by atoms with Gasteiger partial charge in [0.05, 0.1) is 10.6 Å². The van der Waals surface area contributed by atoms with Crippen molar-refractivity contribution in [1.82, 2.24) is 4.90 Å². The third kappa shape index (κ3) is 4.69. The van der Waals surface area contributed by atoms with Crippen molar-refractivity contribution < 1.29 is 21.6 Å². The van der Waals surface area contributed by atoms with Gasteiger partial charge in [0, 0.05) is 42.4 Å². The van der Waals surface area contributed by atoms with Gasteiger partial charge in [0.1, 0.15) is 0 Å². The van der Waals surface area contributed by atoms with E-state index in [0.29, 0.717) is 13.1 Å². The molecule has 1 unspecified atom stereocenters. The van der Waals surface area contributed by atoms with Gasteiger partial charge in [-0.2, -0.15) is 0 Å². The normalized spacial score (nSPS) is 19.6. The number of likely N-dealkylation sites (tertiary alicyclic amines) is 1. The molecular weight excluding hydrogens is 350 g/mol. The van der Waals surface area contributed by atoms with Crippen LogP contribution in [0.2, 0.25) is 0 Å². The van der Waals surface area contributed by atoms with Crippen LogP contribution in [-0.4, -0.2) is 46.2 Å². The molecule has 1 aromatic rings. The highest BCUT2D eigenvalue weighted by Gasteiger charge is 2.32. The van der Waals surface area contributed by atoms with Gasteiger partial charge in [0.15, 0.2) is 9.84 Å². The summed E-state index contributed by atoms with van der Waals surface area (Å²) in [7, 11) is -1.66. The number of nitrogens with zero attached hydrogens (tertiary/aromatic N) is 1. The first-order valence-electron chi connectivity index (χ1n) is 6.54. The first-order valence-corrected chi connectivity index (χ1v) is 10.9. The second-order valence-corrected chi connectivity index (χ2v) is 10.3. The number of benzene rings is 1. The van der Waals surface area contributed by atoms with E-state index >= 15 is 0 Å². The summed E-state index contributed by atoms with van der Waals surface area (Å²) in [5, 5.41) is 0. The topological polar surface area (TPSA) is 88.6 Å². The van der Waals surface area contributed by atoms with Crippen molar-refractivity contribution in [2.24, 2.45) is 5.92 Å². The lowest BCUT2D eigenvalue weighted by molar-refractivity contribution is -0.128. The lowest BCUT2D eigenvalue weighted by Gasteiger charge is -2.16. The summed E-state index contributed by atoms with van der Waals surface area (Å²) >= 11 is 0. The van der Waals surface area contributed by atoms with Crippen LogP contribution >= 0.6 is 10.7 Å². The zero-order chi connectivity index (χ0) is 16.5. The summed E-state index contributed by atoms with van der Waals surface area (Å²) in [6.07, 6.45) is 1.29. The number of hydrogen-bond acceptors (Lipinski definition) is 5. The molecule has 1 atom stereocenters. The minimum atomic E-state index is -3.62. The monoisotopic (exact) mass is 365 g/mol. The van der Waals surface area contributed by atoms with E-state index in [1.54, 1.807) is 17.0 Å². The van der Waals surface area contributed by atoms with Crippen molar-refractivity contribution >= 4 is 35.5 Å². The molecule has 1 aliphatic heterocycles. The first-order chi connectivity index (χ1) is 10.0. The summed E-state index contributed by atoms with van der Waals surface area (Å²) in [6.45, 7) is 0.653. The molecule has 9 heteroatoms. The highest BCUT2D eigenvalue weighted by Crippen LogP contribution is 2.23. The molecule has 1 amide bonds. The van der Waals surface area contributed by atoms with Gasteiger partial charge in [0.25, 0.3) is 0 Å². The van der Waals surface area contributed by atoms with Crippen molar-refractivity contribution in [3.63, 3.8) is 0 Å². The molecule has 122 valence electrons. The maximum Gasteiger partial charge on any atom is 0.232 e. The molecule has 6 nitrogen and oxygen atoms in total. The molecule has 2 rings (SSSR count). The van der Waals surface area contributed by atoms with Crippen molar-refractivity contribution in [3.8, 4) is 0 Å². The fourth-order valence-corrected chi connectivity index (χ4v) is 4.41. The molecule has 1 saturated heterocycles. The summed E-state index contributed by atoms with van der Waals surface area (Å²) in [4.78, 5) is 13.7. The third-order valence-corrected chi connectivity index (χ3v) is 5.83. The van der Waals surface area contributed by atoms with Gasteiger partial charge in [0.2, 0.25) is 15.0 Å². The molecule has 0 bridgehead atoms. The van der Waals surface area contributed by atoms with Crippen LogP contribution in [0.1, 0.15) is 12.0 Å². The maximum atomic E-state index is 11.9. The van der Waals surface area contributed by atoms with Gasteiger partial charge in [-0.25, -0.2) is 16.8 Å². The molecule has 0 aromatic heterocycles. The van der Waals surface area contributed by atoms with Gasteiger partial charge in [-0.3, -0.25) is 4.79 Å². The average Bonchev–Trinajstić information content (AvgIpc) is 2.66. The largest absolute Gasteiger partial charge is 0.338 e. The van der Waals surface area contributed by atoms with E-state index in [1.165, 1.54) is 12.1 Å². The smallest absolute Gasteiger partial charge is 0.232 e. The van der Waals surface area contributed by atoms with Crippen LogP contribution in [0.25, 0.3) is 0 Å². The van der Waals surface area contributed by atoms with Crippen LogP contribution in [0.15, 0.2) is 29.2 Å². The second kappa shape index (κ2) is 6.17. The molecule has 0 N–H and O–H groups in total. The predicted octanol–water partition coefficient (Wildman–Crippen LogP) is 1.01. The Hall–Kier alpha value is -1.12. The molecule has 0 spiro atoms.